The van der Waals surface area contributed by atoms with Crippen LogP contribution >= 0.6 is 0 Å². The number of carbonyl (C=O) groups is 1. The lowest BCUT2D eigenvalue weighted by Gasteiger charge is -2.22. The van der Waals surface area contributed by atoms with Crippen LogP contribution in [-0.4, -0.2) is 33.6 Å². The van der Waals surface area contributed by atoms with Crippen molar-refractivity contribution in [3.63, 3.8) is 0 Å². The molecule has 33 heavy (non-hydrogen) atoms. The lowest BCUT2D eigenvalue weighted by atomic mass is 9.98. The van der Waals surface area contributed by atoms with Crippen LogP contribution in [0.4, 0.5) is 11.4 Å². The van der Waals surface area contributed by atoms with Crippen molar-refractivity contribution < 1.29 is 19.4 Å². The van der Waals surface area contributed by atoms with Crippen molar-refractivity contribution >= 4 is 23.0 Å². The first-order valence-corrected chi connectivity index (χ1v) is 9.91. The van der Waals surface area contributed by atoms with Gasteiger partial charge in [0.2, 0.25) is 0 Å². The number of nitro benzene ring substituents is 2. The van der Waals surface area contributed by atoms with Crippen LogP contribution in [0.25, 0.3) is 0 Å². The van der Waals surface area contributed by atoms with Gasteiger partial charge in [0, 0.05) is 36.2 Å². The first-order valence-electron chi connectivity index (χ1n) is 9.91. The van der Waals surface area contributed by atoms with E-state index in [1.807, 2.05) is 12.1 Å². The smallest absolute Gasteiger partial charge is 0.274 e. The summed E-state index contributed by atoms with van der Waals surface area (Å²) in [5.41, 5.74) is 1.94. The van der Waals surface area contributed by atoms with Crippen molar-refractivity contribution in [2.45, 2.75) is 12.5 Å². The van der Waals surface area contributed by atoms with Crippen LogP contribution in [0.1, 0.15) is 33.9 Å². The van der Waals surface area contributed by atoms with Crippen molar-refractivity contribution in [2.75, 3.05) is 7.11 Å². The molecule has 10 nitrogen and oxygen atoms in total. The molecule has 1 aliphatic rings. The molecule has 0 saturated heterocycles. The topological polar surface area (TPSA) is 128 Å². The minimum absolute atomic E-state index is 0.0652. The zero-order valence-electron chi connectivity index (χ0n) is 17.5. The number of hydrogen-bond acceptors (Lipinski definition) is 7. The summed E-state index contributed by atoms with van der Waals surface area (Å²) in [6.45, 7) is 0. The third kappa shape index (κ3) is 4.40. The summed E-state index contributed by atoms with van der Waals surface area (Å²) < 4.78 is 5.19. The van der Waals surface area contributed by atoms with Crippen LogP contribution in [0.2, 0.25) is 0 Å². The molecule has 0 N–H and O–H groups in total. The molecule has 3 aromatic carbocycles. The fraction of sp³-hybridized carbons (Fsp3) is 0.130. The average molecular weight is 446 g/mol. The van der Waals surface area contributed by atoms with E-state index >= 15 is 0 Å². The van der Waals surface area contributed by atoms with E-state index in [1.165, 1.54) is 41.4 Å². The van der Waals surface area contributed by atoms with Gasteiger partial charge in [-0.05, 0) is 41.5 Å². The van der Waals surface area contributed by atoms with E-state index in [4.69, 9.17) is 4.74 Å². The fourth-order valence-electron chi connectivity index (χ4n) is 3.62. The predicted molar refractivity (Wildman–Crippen MR) is 119 cm³/mol. The molecule has 10 heteroatoms. The second-order valence-corrected chi connectivity index (χ2v) is 7.30. The van der Waals surface area contributed by atoms with Gasteiger partial charge in [0.15, 0.2) is 0 Å². The summed E-state index contributed by atoms with van der Waals surface area (Å²) in [5.74, 6) is 0.166. The minimum Gasteiger partial charge on any atom is -0.497 e. The molecule has 0 spiro atoms. The van der Waals surface area contributed by atoms with Gasteiger partial charge in [-0.15, -0.1) is 0 Å². The highest BCUT2D eigenvalue weighted by Crippen LogP contribution is 2.35. The molecule has 4 rings (SSSR count). The van der Waals surface area contributed by atoms with Crippen molar-refractivity contribution in [1.29, 1.82) is 0 Å². The molecule has 0 radical (unpaired) electrons. The van der Waals surface area contributed by atoms with Crippen molar-refractivity contribution in [1.82, 2.24) is 5.01 Å². The fourth-order valence-corrected chi connectivity index (χ4v) is 3.62. The summed E-state index contributed by atoms with van der Waals surface area (Å²) in [7, 11) is 1.56. The van der Waals surface area contributed by atoms with Crippen LogP contribution in [0.15, 0.2) is 77.9 Å². The number of carbonyl (C=O) groups excluding carboxylic acids is 1. The summed E-state index contributed by atoms with van der Waals surface area (Å²) in [6.07, 6.45) is 0.366. The number of benzene rings is 3. The number of hydrazone groups is 1. The Morgan fingerprint density at radius 3 is 2.24 bits per heavy atom. The average Bonchev–Trinajstić information content (AvgIpc) is 3.29. The van der Waals surface area contributed by atoms with E-state index in [2.05, 4.69) is 5.10 Å². The van der Waals surface area contributed by atoms with Crippen molar-refractivity contribution in [3.8, 4) is 5.75 Å². The molecule has 0 bridgehead atoms. The third-order valence-corrected chi connectivity index (χ3v) is 5.33. The van der Waals surface area contributed by atoms with Gasteiger partial charge in [-0.3, -0.25) is 25.0 Å². The van der Waals surface area contributed by atoms with Gasteiger partial charge < -0.3 is 4.74 Å². The predicted octanol–water partition coefficient (Wildman–Crippen LogP) is 4.50. The molecule has 1 amide bonds. The molecule has 0 saturated carbocycles. The highest BCUT2D eigenvalue weighted by Gasteiger charge is 2.34. The monoisotopic (exact) mass is 446 g/mol. The summed E-state index contributed by atoms with van der Waals surface area (Å²) in [6, 6.07) is 18.0. The van der Waals surface area contributed by atoms with E-state index < -0.39 is 21.8 Å². The van der Waals surface area contributed by atoms with Gasteiger partial charge in [-0.1, -0.05) is 18.2 Å². The maximum atomic E-state index is 13.3. The zero-order valence-corrected chi connectivity index (χ0v) is 17.5. The Labute approximate surface area is 188 Å². The second-order valence-electron chi connectivity index (χ2n) is 7.30. The SMILES string of the molecule is COc1ccc(C2=NN(C(=O)c3cccc([N+](=O)[O-])c3)[C@H](c3ccc([N+](=O)[O-])cc3)C2)cc1. The molecule has 1 atom stereocenters. The molecule has 0 unspecified atom stereocenters. The molecule has 3 aromatic rings. The Kier molecular flexibility index (Phi) is 5.81. The Bertz CT molecular complexity index is 1250. The molecular formula is C23H18N4O6. The number of non-ortho nitro benzene ring substituents is 2. The Balaban J connectivity index is 1.72. The maximum Gasteiger partial charge on any atom is 0.274 e. The molecule has 166 valence electrons. The van der Waals surface area contributed by atoms with Gasteiger partial charge in [0.05, 0.1) is 28.7 Å². The largest absolute Gasteiger partial charge is 0.497 e. The van der Waals surface area contributed by atoms with Crippen molar-refractivity contribution in [3.05, 3.63) is 110 Å². The van der Waals surface area contributed by atoms with Gasteiger partial charge >= 0.3 is 0 Å². The van der Waals surface area contributed by atoms with E-state index in [-0.39, 0.29) is 16.9 Å². The summed E-state index contributed by atoms with van der Waals surface area (Å²) >= 11 is 0. The van der Waals surface area contributed by atoms with E-state index in [1.54, 1.807) is 31.4 Å². The summed E-state index contributed by atoms with van der Waals surface area (Å²) in [5, 5.41) is 28.0. The van der Waals surface area contributed by atoms with Crippen LogP contribution in [0, 0.1) is 20.2 Å². The highest BCUT2D eigenvalue weighted by molar-refractivity contribution is 6.05. The molecule has 0 aliphatic carbocycles. The van der Waals surface area contributed by atoms with Crippen LogP contribution in [-0.2, 0) is 0 Å². The third-order valence-electron chi connectivity index (χ3n) is 5.33. The highest BCUT2D eigenvalue weighted by atomic mass is 16.6. The maximum absolute atomic E-state index is 13.3. The first-order chi connectivity index (χ1) is 15.9. The van der Waals surface area contributed by atoms with Gasteiger partial charge in [0.1, 0.15) is 5.75 Å². The quantitative estimate of drug-likeness (QED) is 0.405. The van der Waals surface area contributed by atoms with E-state index in [9.17, 15) is 25.0 Å². The lowest BCUT2D eigenvalue weighted by Crippen LogP contribution is -2.27. The normalized spacial score (nSPS) is 15.1. The van der Waals surface area contributed by atoms with E-state index in [0.29, 0.717) is 23.4 Å². The number of methoxy groups -OCH3 is 1. The van der Waals surface area contributed by atoms with Crippen molar-refractivity contribution in [2.24, 2.45) is 5.10 Å². The molecule has 1 aliphatic heterocycles. The number of nitro groups is 2. The number of ether oxygens (including phenoxy) is 1. The zero-order chi connectivity index (χ0) is 23.5. The standard InChI is InChI=1S/C23H18N4O6/c1-33-20-11-7-15(8-12-20)21-14-22(16-5-9-18(10-6-16)26(29)30)25(24-21)23(28)17-3-2-4-19(13-17)27(31)32/h2-13,22H,14H2,1H3/t22-/m0/s1. The number of hydrogen-bond donors (Lipinski definition) is 0. The minimum atomic E-state index is -0.569. The van der Waals surface area contributed by atoms with Crippen LogP contribution < -0.4 is 4.74 Å². The van der Waals surface area contributed by atoms with Gasteiger partial charge in [-0.2, -0.15) is 5.10 Å². The van der Waals surface area contributed by atoms with Crippen LogP contribution in [0.3, 0.4) is 0 Å². The van der Waals surface area contributed by atoms with Gasteiger partial charge in [-0.25, -0.2) is 5.01 Å². The Morgan fingerprint density at radius 2 is 1.64 bits per heavy atom. The lowest BCUT2D eigenvalue weighted by molar-refractivity contribution is -0.385. The van der Waals surface area contributed by atoms with Gasteiger partial charge in [0.25, 0.3) is 17.3 Å². The molecule has 0 aromatic heterocycles. The van der Waals surface area contributed by atoms with E-state index in [0.717, 1.165) is 5.56 Å². The molecule has 1 heterocycles. The van der Waals surface area contributed by atoms with Crippen LogP contribution in [0.5, 0.6) is 5.75 Å². The second kappa shape index (κ2) is 8.87. The number of rotatable bonds is 6. The number of nitrogens with zero attached hydrogens (tertiary/aromatic N) is 4. The Hall–Kier alpha value is -4.60. The number of amides is 1. The Morgan fingerprint density at radius 1 is 0.970 bits per heavy atom. The summed E-state index contributed by atoms with van der Waals surface area (Å²) in [4.78, 5) is 34.4. The molecular weight excluding hydrogens is 428 g/mol. The first kappa shape index (κ1) is 21.6. The molecule has 0 fully saturated rings.